The van der Waals surface area contributed by atoms with Crippen molar-refractivity contribution in [2.45, 2.75) is 6.92 Å². The number of nitrogens with zero attached hydrogens (tertiary/aromatic N) is 3. The van der Waals surface area contributed by atoms with Gasteiger partial charge in [0.05, 0.1) is 16.1 Å². The highest BCUT2D eigenvalue weighted by atomic mass is 35.5. The Morgan fingerprint density at radius 1 is 1.21 bits per heavy atom. The van der Waals surface area contributed by atoms with Crippen molar-refractivity contribution in [1.29, 1.82) is 10.5 Å². The highest BCUT2D eigenvalue weighted by Gasteiger charge is 2.08. The smallest absolute Gasteiger partial charge is 0.148 e. The van der Waals surface area contributed by atoms with E-state index in [0.29, 0.717) is 27.7 Å². The molecule has 0 saturated carbocycles. The first-order chi connectivity index (χ1) is 9.15. The second kappa shape index (κ2) is 5.39. The molecule has 19 heavy (non-hydrogen) atoms. The van der Waals surface area contributed by atoms with Gasteiger partial charge in [-0.3, -0.25) is 0 Å². The molecule has 0 atom stereocenters. The van der Waals surface area contributed by atoms with Crippen LogP contribution < -0.4 is 5.32 Å². The summed E-state index contributed by atoms with van der Waals surface area (Å²) < 4.78 is 0. The minimum atomic E-state index is 0.360. The molecule has 1 heterocycles. The molecule has 5 heteroatoms. The zero-order valence-electron chi connectivity index (χ0n) is 10.1. The van der Waals surface area contributed by atoms with Crippen molar-refractivity contribution in [3.8, 4) is 12.1 Å². The van der Waals surface area contributed by atoms with E-state index < -0.39 is 0 Å². The van der Waals surface area contributed by atoms with Gasteiger partial charge in [0.15, 0.2) is 0 Å². The van der Waals surface area contributed by atoms with Gasteiger partial charge in [0, 0.05) is 11.9 Å². The van der Waals surface area contributed by atoms with Crippen LogP contribution in [0.5, 0.6) is 0 Å². The van der Waals surface area contributed by atoms with E-state index in [4.69, 9.17) is 22.1 Å². The van der Waals surface area contributed by atoms with Crippen LogP contribution in [0, 0.1) is 29.6 Å². The second-order valence-corrected chi connectivity index (χ2v) is 4.30. The summed E-state index contributed by atoms with van der Waals surface area (Å²) in [4.78, 5) is 4.14. The molecule has 0 bridgehead atoms. The lowest BCUT2D eigenvalue weighted by molar-refractivity contribution is 1.24. The Kier molecular flexibility index (Phi) is 3.66. The molecule has 0 spiro atoms. The number of halogens is 1. The number of benzene rings is 1. The summed E-state index contributed by atoms with van der Waals surface area (Å²) in [6.45, 7) is 1.84. The number of aromatic nitrogens is 1. The molecule has 0 saturated heterocycles. The average Bonchev–Trinajstić information content (AvgIpc) is 2.39. The Bertz CT molecular complexity index is 710. The van der Waals surface area contributed by atoms with Crippen LogP contribution >= 0.6 is 11.6 Å². The van der Waals surface area contributed by atoms with E-state index in [2.05, 4.69) is 16.4 Å². The normalized spacial score (nSPS) is 9.47. The maximum Gasteiger partial charge on any atom is 0.148 e. The molecule has 4 nitrogen and oxygen atoms in total. The van der Waals surface area contributed by atoms with Crippen LogP contribution in [0.15, 0.2) is 30.5 Å². The van der Waals surface area contributed by atoms with E-state index in [1.807, 2.05) is 13.0 Å². The van der Waals surface area contributed by atoms with Gasteiger partial charge in [0.25, 0.3) is 0 Å². The molecule has 2 aromatic rings. The number of pyridine rings is 1. The number of rotatable bonds is 2. The van der Waals surface area contributed by atoms with Crippen LogP contribution in [0.25, 0.3) is 0 Å². The highest BCUT2D eigenvalue weighted by Crippen LogP contribution is 2.24. The van der Waals surface area contributed by atoms with E-state index >= 15 is 0 Å². The fourth-order valence-electron chi connectivity index (χ4n) is 1.61. The van der Waals surface area contributed by atoms with Crippen molar-refractivity contribution in [1.82, 2.24) is 4.98 Å². The lowest BCUT2D eigenvalue weighted by Crippen LogP contribution is -1.98. The highest BCUT2D eigenvalue weighted by molar-refractivity contribution is 6.32. The van der Waals surface area contributed by atoms with Gasteiger partial charge < -0.3 is 5.32 Å². The lowest BCUT2D eigenvalue weighted by Gasteiger charge is -2.09. The van der Waals surface area contributed by atoms with Gasteiger partial charge in [-0.2, -0.15) is 10.5 Å². The predicted octanol–water partition coefficient (Wildman–Crippen LogP) is 3.53. The summed E-state index contributed by atoms with van der Waals surface area (Å²) in [5.74, 6) is 0.475. The quantitative estimate of drug-likeness (QED) is 0.904. The SMILES string of the molecule is Cc1ccnc(Nc2ccc(C#N)c(Cl)c2)c1C#N. The summed E-state index contributed by atoms with van der Waals surface area (Å²) in [7, 11) is 0. The van der Waals surface area contributed by atoms with Crippen molar-refractivity contribution in [3.63, 3.8) is 0 Å². The van der Waals surface area contributed by atoms with Crippen molar-refractivity contribution in [3.05, 3.63) is 52.2 Å². The molecule has 0 aliphatic rings. The van der Waals surface area contributed by atoms with Crippen LogP contribution in [-0.4, -0.2) is 4.98 Å². The molecule has 1 aromatic carbocycles. The summed E-state index contributed by atoms with van der Waals surface area (Å²) in [6, 6.07) is 10.8. The van der Waals surface area contributed by atoms with Crippen molar-refractivity contribution >= 4 is 23.1 Å². The molecule has 0 aliphatic heterocycles. The van der Waals surface area contributed by atoms with Gasteiger partial charge in [-0.1, -0.05) is 11.6 Å². The van der Waals surface area contributed by atoms with Crippen LogP contribution in [-0.2, 0) is 0 Å². The molecule has 92 valence electrons. The molecule has 0 radical (unpaired) electrons. The molecule has 1 N–H and O–H groups in total. The van der Waals surface area contributed by atoms with E-state index in [9.17, 15) is 0 Å². The zero-order chi connectivity index (χ0) is 13.8. The largest absolute Gasteiger partial charge is 0.339 e. The Balaban J connectivity index is 2.38. The van der Waals surface area contributed by atoms with Crippen LogP contribution in [0.1, 0.15) is 16.7 Å². The number of hydrogen-bond acceptors (Lipinski definition) is 4. The maximum absolute atomic E-state index is 9.11. The molecular weight excluding hydrogens is 260 g/mol. The molecule has 1 aromatic heterocycles. The number of anilines is 2. The lowest BCUT2D eigenvalue weighted by atomic mass is 10.1. The Morgan fingerprint density at radius 2 is 2.00 bits per heavy atom. The third-order valence-electron chi connectivity index (χ3n) is 2.62. The van der Waals surface area contributed by atoms with Gasteiger partial charge in [0.2, 0.25) is 0 Å². The summed E-state index contributed by atoms with van der Waals surface area (Å²) in [5, 5.41) is 21.3. The third kappa shape index (κ3) is 2.65. The molecular formula is C14H9ClN4. The van der Waals surface area contributed by atoms with Crippen molar-refractivity contribution < 1.29 is 0 Å². The first-order valence-electron chi connectivity index (χ1n) is 5.48. The molecule has 0 amide bonds. The average molecular weight is 269 g/mol. The number of nitrogens with one attached hydrogen (secondary N) is 1. The third-order valence-corrected chi connectivity index (χ3v) is 2.94. The minimum absolute atomic E-state index is 0.360. The Labute approximate surface area is 115 Å². The Hall–Kier alpha value is -2.56. The van der Waals surface area contributed by atoms with E-state index in [1.165, 1.54) is 0 Å². The van der Waals surface area contributed by atoms with Crippen molar-refractivity contribution in [2.24, 2.45) is 0 Å². The van der Waals surface area contributed by atoms with Gasteiger partial charge in [-0.05, 0) is 36.8 Å². The van der Waals surface area contributed by atoms with Gasteiger partial charge in [0.1, 0.15) is 18.0 Å². The summed E-state index contributed by atoms with van der Waals surface area (Å²) in [5.41, 5.74) is 2.42. The summed E-state index contributed by atoms with van der Waals surface area (Å²) >= 11 is 5.95. The molecule has 0 aliphatic carbocycles. The maximum atomic E-state index is 9.11. The molecule has 0 fully saturated rings. The zero-order valence-corrected chi connectivity index (χ0v) is 10.9. The van der Waals surface area contributed by atoms with Gasteiger partial charge >= 0.3 is 0 Å². The van der Waals surface area contributed by atoms with Gasteiger partial charge in [-0.15, -0.1) is 0 Å². The molecule has 2 rings (SSSR count). The monoisotopic (exact) mass is 268 g/mol. The minimum Gasteiger partial charge on any atom is -0.339 e. The number of nitriles is 2. The van der Waals surface area contributed by atoms with Crippen molar-refractivity contribution in [2.75, 3.05) is 5.32 Å². The van der Waals surface area contributed by atoms with Crippen LogP contribution in [0.2, 0.25) is 5.02 Å². The fraction of sp³-hybridized carbons (Fsp3) is 0.0714. The first kappa shape index (κ1) is 12.9. The standard InChI is InChI=1S/C14H9ClN4/c1-9-4-5-18-14(12(9)8-17)19-11-3-2-10(7-16)13(15)6-11/h2-6H,1H3,(H,18,19). The topological polar surface area (TPSA) is 72.5 Å². The van der Waals surface area contributed by atoms with E-state index in [0.717, 1.165) is 5.56 Å². The number of aryl methyl sites for hydroxylation is 1. The first-order valence-corrected chi connectivity index (χ1v) is 5.86. The van der Waals surface area contributed by atoms with Crippen LogP contribution in [0.3, 0.4) is 0 Å². The summed E-state index contributed by atoms with van der Waals surface area (Å²) in [6.07, 6.45) is 1.63. The van der Waals surface area contributed by atoms with Crippen LogP contribution in [0.4, 0.5) is 11.5 Å². The number of hydrogen-bond donors (Lipinski definition) is 1. The van der Waals surface area contributed by atoms with Gasteiger partial charge in [-0.25, -0.2) is 4.98 Å². The predicted molar refractivity (Wildman–Crippen MR) is 73.1 cm³/mol. The van der Waals surface area contributed by atoms with E-state index in [-0.39, 0.29) is 0 Å². The van der Waals surface area contributed by atoms with E-state index in [1.54, 1.807) is 30.5 Å². The Morgan fingerprint density at radius 3 is 2.63 bits per heavy atom. The fourth-order valence-corrected chi connectivity index (χ4v) is 1.84. The molecule has 0 unspecified atom stereocenters. The second-order valence-electron chi connectivity index (χ2n) is 3.89.